The van der Waals surface area contributed by atoms with Crippen LogP contribution in [0.4, 0.5) is 0 Å². The summed E-state index contributed by atoms with van der Waals surface area (Å²) in [6.45, 7) is 2.59. The summed E-state index contributed by atoms with van der Waals surface area (Å²) < 4.78 is 5.64. The van der Waals surface area contributed by atoms with Crippen molar-refractivity contribution in [1.82, 2.24) is 20.5 Å². The summed E-state index contributed by atoms with van der Waals surface area (Å²) in [5.74, 6) is 1.12. The molecule has 0 saturated heterocycles. The third-order valence-corrected chi connectivity index (χ3v) is 3.83. The smallest absolute Gasteiger partial charge is 0.247 e. The van der Waals surface area contributed by atoms with Crippen LogP contribution in [0.5, 0.6) is 0 Å². The quantitative estimate of drug-likeness (QED) is 0.781. The fourth-order valence-electron chi connectivity index (χ4n) is 1.80. The van der Waals surface area contributed by atoms with E-state index >= 15 is 0 Å². The molecule has 3 aromatic rings. The van der Waals surface area contributed by atoms with Crippen molar-refractivity contribution < 1.29 is 4.42 Å². The van der Waals surface area contributed by atoms with Gasteiger partial charge in [-0.1, -0.05) is 18.2 Å². The van der Waals surface area contributed by atoms with Gasteiger partial charge in [0.15, 0.2) is 0 Å². The van der Waals surface area contributed by atoms with E-state index in [-0.39, 0.29) is 6.04 Å². The summed E-state index contributed by atoms with van der Waals surface area (Å²) in [6, 6.07) is 9.91. The minimum Gasteiger partial charge on any atom is -0.419 e. The Hall–Kier alpha value is -2.05. The van der Waals surface area contributed by atoms with Gasteiger partial charge in [0.1, 0.15) is 5.01 Å². The minimum absolute atomic E-state index is 0.169. The molecule has 0 aliphatic carbocycles. The van der Waals surface area contributed by atoms with E-state index in [1.165, 1.54) is 0 Å². The fraction of sp³-hybridized carbons (Fsp3) is 0.214. The third-order valence-electron chi connectivity index (χ3n) is 2.87. The minimum atomic E-state index is 0.169. The maximum absolute atomic E-state index is 5.64. The van der Waals surface area contributed by atoms with Crippen molar-refractivity contribution >= 4 is 11.3 Å². The SMILES string of the molecule is CC(NCc1nnc(-c2ccccc2)o1)c1nccs1. The van der Waals surface area contributed by atoms with E-state index in [1.807, 2.05) is 35.7 Å². The molecule has 2 aromatic heterocycles. The van der Waals surface area contributed by atoms with Gasteiger partial charge in [-0.3, -0.25) is 5.32 Å². The second-order valence-corrected chi connectivity index (χ2v) is 5.27. The molecule has 5 nitrogen and oxygen atoms in total. The molecule has 3 rings (SSSR count). The predicted octanol–water partition coefficient (Wildman–Crippen LogP) is 3.04. The number of rotatable bonds is 5. The van der Waals surface area contributed by atoms with Crippen LogP contribution in [0.3, 0.4) is 0 Å². The largest absolute Gasteiger partial charge is 0.419 e. The molecule has 0 amide bonds. The molecule has 0 aliphatic rings. The lowest BCUT2D eigenvalue weighted by molar-refractivity contribution is 0.454. The van der Waals surface area contributed by atoms with Gasteiger partial charge in [0.2, 0.25) is 11.8 Å². The molecule has 0 aliphatic heterocycles. The van der Waals surface area contributed by atoms with Gasteiger partial charge >= 0.3 is 0 Å². The van der Waals surface area contributed by atoms with Crippen molar-refractivity contribution in [2.24, 2.45) is 0 Å². The zero-order valence-corrected chi connectivity index (χ0v) is 11.8. The van der Waals surface area contributed by atoms with Crippen molar-refractivity contribution in [1.29, 1.82) is 0 Å². The first-order valence-electron chi connectivity index (χ1n) is 6.33. The molecule has 1 aromatic carbocycles. The highest BCUT2D eigenvalue weighted by Crippen LogP contribution is 2.18. The standard InChI is InChI=1S/C14H14N4OS/c1-10(14-15-7-8-20-14)16-9-12-17-18-13(19-12)11-5-3-2-4-6-11/h2-8,10,16H,9H2,1H3. The predicted molar refractivity (Wildman–Crippen MR) is 77.1 cm³/mol. The molecule has 0 spiro atoms. The molecule has 1 N–H and O–H groups in total. The Morgan fingerprint density at radius 3 is 2.85 bits per heavy atom. The highest BCUT2D eigenvalue weighted by Gasteiger charge is 2.11. The molecular weight excluding hydrogens is 272 g/mol. The van der Waals surface area contributed by atoms with Gasteiger partial charge in [0.25, 0.3) is 0 Å². The van der Waals surface area contributed by atoms with Crippen LogP contribution < -0.4 is 5.32 Å². The normalized spacial score (nSPS) is 12.4. The second-order valence-electron chi connectivity index (χ2n) is 4.34. The van der Waals surface area contributed by atoms with Gasteiger partial charge in [0, 0.05) is 17.1 Å². The van der Waals surface area contributed by atoms with Crippen LogP contribution in [0.2, 0.25) is 0 Å². The van der Waals surface area contributed by atoms with Gasteiger partial charge in [-0.25, -0.2) is 4.98 Å². The van der Waals surface area contributed by atoms with Crippen LogP contribution in [0.15, 0.2) is 46.3 Å². The fourth-order valence-corrected chi connectivity index (χ4v) is 2.47. The van der Waals surface area contributed by atoms with Gasteiger partial charge in [-0.2, -0.15) is 0 Å². The van der Waals surface area contributed by atoms with E-state index in [4.69, 9.17) is 4.42 Å². The Bertz CT molecular complexity index is 651. The first-order chi connectivity index (χ1) is 9.83. The van der Waals surface area contributed by atoms with Crippen molar-refractivity contribution in [3.63, 3.8) is 0 Å². The molecule has 102 valence electrons. The van der Waals surface area contributed by atoms with Crippen LogP contribution in [-0.2, 0) is 6.54 Å². The number of nitrogens with zero attached hydrogens (tertiary/aromatic N) is 3. The molecule has 2 heterocycles. The maximum atomic E-state index is 5.64. The third kappa shape index (κ3) is 2.92. The van der Waals surface area contributed by atoms with Crippen molar-refractivity contribution in [2.75, 3.05) is 0 Å². The van der Waals surface area contributed by atoms with Crippen molar-refractivity contribution in [3.05, 3.63) is 52.8 Å². The Morgan fingerprint density at radius 1 is 1.25 bits per heavy atom. The van der Waals surface area contributed by atoms with Crippen LogP contribution >= 0.6 is 11.3 Å². The van der Waals surface area contributed by atoms with Crippen LogP contribution in [0.25, 0.3) is 11.5 Å². The Kier molecular flexibility index (Phi) is 3.85. The van der Waals surface area contributed by atoms with Gasteiger partial charge in [-0.05, 0) is 19.1 Å². The number of thiazole rings is 1. The Labute approximate surface area is 120 Å². The first kappa shape index (κ1) is 13.0. The molecule has 0 bridgehead atoms. The lowest BCUT2D eigenvalue weighted by Gasteiger charge is -2.08. The molecule has 0 saturated carbocycles. The average molecular weight is 286 g/mol. The zero-order valence-electron chi connectivity index (χ0n) is 11.0. The zero-order chi connectivity index (χ0) is 13.8. The lowest BCUT2D eigenvalue weighted by atomic mass is 10.2. The van der Waals surface area contributed by atoms with E-state index in [0.717, 1.165) is 10.6 Å². The monoisotopic (exact) mass is 286 g/mol. The molecule has 0 fully saturated rings. The summed E-state index contributed by atoms with van der Waals surface area (Å²) in [5.41, 5.74) is 0.930. The molecule has 6 heteroatoms. The first-order valence-corrected chi connectivity index (χ1v) is 7.21. The number of aromatic nitrogens is 3. The molecule has 1 unspecified atom stereocenters. The molecule has 20 heavy (non-hydrogen) atoms. The van der Waals surface area contributed by atoms with Gasteiger partial charge < -0.3 is 4.42 Å². The van der Waals surface area contributed by atoms with E-state index in [9.17, 15) is 0 Å². The molecular formula is C14H14N4OS. The Morgan fingerprint density at radius 2 is 2.10 bits per heavy atom. The summed E-state index contributed by atoms with van der Waals surface area (Å²) in [7, 11) is 0. The topological polar surface area (TPSA) is 63.8 Å². The number of hydrogen-bond acceptors (Lipinski definition) is 6. The van der Waals surface area contributed by atoms with Gasteiger partial charge in [0.05, 0.1) is 12.6 Å². The van der Waals surface area contributed by atoms with E-state index in [0.29, 0.717) is 18.3 Å². The molecule has 1 atom stereocenters. The second kappa shape index (κ2) is 5.94. The summed E-state index contributed by atoms with van der Waals surface area (Å²) >= 11 is 1.63. The van der Waals surface area contributed by atoms with Crippen LogP contribution in [0, 0.1) is 0 Å². The lowest BCUT2D eigenvalue weighted by Crippen LogP contribution is -2.18. The van der Waals surface area contributed by atoms with E-state index in [2.05, 4.69) is 27.4 Å². The highest BCUT2D eigenvalue weighted by molar-refractivity contribution is 7.09. The Balaban J connectivity index is 1.63. The van der Waals surface area contributed by atoms with Crippen molar-refractivity contribution in [2.45, 2.75) is 19.5 Å². The summed E-state index contributed by atoms with van der Waals surface area (Å²) in [4.78, 5) is 4.27. The van der Waals surface area contributed by atoms with Gasteiger partial charge in [-0.15, -0.1) is 21.5 Å². The van der Waals surface area contributed by atoms with Crippen LogP contribution in [0.1, 0.15) is 23.9 Å². The number of benzene rings is 1. The van der Waals surface area contributed by atoms with E-state index < -0.39 is 0 Å². The van der Waals surface area contributed by atoms with Crippen LogP contribution in [-0.4, -0.2) is 15.2 Å². The average Bonchev–Trinajstić information content (AvgIpc) is 3.17. The maximum Gasteiger partial charge on any atom is 0.247 e. The highest BCUT2D eigenvalue weighted by atomic mass is 32.1. The summed E-state index contributed by atoms with van der Waals surface area (Å²) in [5, 5.41) is 14.4. The van der Waals surface area contributed by atoms with Crippen molar-refractivity contribution in [3.8, 4) is 11.5 Å². The number of nitrogens with one attached hydrogen (secondary N) is 1. The summed E-state index contributed by atoms with van der Waals surface area (Å²) in [6.07, 6.45) is 1.80. The van der Waals surface area contributed by atoms with E-state index in [1.54, 1.807) is 17.5 Å². The number of hydrogen-bond donors (Lipinski definition) is 1. The molecule has 0 radical (unpaired) electrons.